The number of ketones is 1. The number of hydrogen-bond acceptors (Lipinski definition) is 3. The Morgan fingerprint density at radius 2 is 1.67 bits per heavy atom. The van der Waals surface area contributed by atoms with Crippen molar-refractivity contribution >= 4 is 28.5 Å². The van der Waals surface area contributed by atoms with Gasteiger partial charge in [0.25, 0.3) is 0 Å². The van der Waals surface area contributed by atoms with Crippen LogP contribution < -0.4 is 10.7 Å². The van der Waals surface area contributed by atoms with Gasteiger partial charge in [0.15, 0.2) is 5.78 Å². The van der Waals surface area contributed by atoms with E-state index in [1.807, 2.05) is 36.4 Å². The molecule has 1 aromatic carbocycles. The predicted molar refractivity (Wildman–Crippen MR) is 68.9 cm³/mol. The fourth-order valence-corrected chi connectivity index (χ4v) is 2.34. The number of rotatable bonds is 0. The Hall–Kier alpha value is -2.55. The first kappa shape index (κ1) is 9.48. The van der Waals surface area contributed by atoms with E-state index in [-0.39, 0.29) is 5.78 Å². The molecule has 0 fully saturated rings. The highest BCUT2D eigenvalue weighted by molar-refractivity contribution is 6.09. The maximum Gasteiger partial charge on any atom is 0.179 e. The molecule has 0 spiro atoms. The van der Waals surface area contributed by atoms with Crippen molar-refractivity contribution in [1.82, 2.24) is 9.97 Å². The molecule has 1 aromatic heterocycles. The van der Waals surface area contributed by atoms with Crippen LogP contribution in [-0.2, 0) is 4.79 Å². The van der Waals surface area contributed by atoms with Gasteiger partial charge in [-0.1, -0.05) is 12.1 Å². The Morgan fingerprint density at radius 3 is 2.50 bits per heavy atom. The lowest BCUT2D eigenvalue weighted by molar-refractivity contribution is -0.110. The second-order valence-corrected chi connectivity index (χ2v) is 4.34. The van der Waals surface area contributed by atoms with Crippen molar-refractivity contribution in [3.8, 4) is 0 Å². The summed E-state index contributed by atoms with van der Waals surface area (Å²) >= 11 is 0. The molecule has 18 heavy (non-hydrogen) atoms. The number of para-hydroxylation sites is 2. The van der Waals surface area contributed by atoms with Crippen LogP contribution >= 0.6 is 0 Å². The zero-order chi connectivity index (χ0) is 12.1. The summed E-state index contributed by atoms with van der Waals surface area (Å²) < 4.78 is 0. The topological polar surface area (TPSA) is 42.9 Å². The van der Waals surface area contributed by atoms with Gasteiger partial charge in [-0.05, 0) is 42.0 Å². The lowest BCUT2D eigenvalue weighted by atomic mass is 10.0. The first-order valence-corrected chi connectivity index (χ1v) is 5.74. The van der Waals surface area contributed by atoms with E-state index in [0.29, 0.717) is 0 Å². The molecule has 2 aromatic rings. The summed E-state index contributed by atoms with van der Waals surface area (Å²) in [5.41, 5.74) is 3.65. The van der Waals surface area contributed by atoms with Crippen molar-refractivity contribution in [2.75, 3.05) is 0 Å². The minimum Gasteiger partial charge on any atom is -0.290 e. The molecule has 0 saturated heterocycles. The Kier molecular flexibility index (Phi) is 1.70. The predicted octanol–water partition coefficient (Wildman–Crippen LogP) is 0.640. The molecule has 0 N–H and O–H groups in total. The Balaban J connectivity index is 2.18. The molecule has 84 valence electrons. The Labute approximate surface area is 102 Å². The van der Waals surface area contributed by atoms with Gasteiger partial charge in [-0.15, -0.1) is 0 Å². The van der Waals surface area contributed by atoms with Crippen molar-refractivity contribution in [3.63, 3.8) is 0 Å². The smallest absolute Gasteiger partial charge is 0.179 e. The number of carbonyl (C=O) groups excluding carboxylic acids is 1. The summed E-state index contributed by atoms with van der Waals surface area (Å²) in [5.74, 6) is 0.0161. The van der Waals surface area contributed by atoms with Crippen molar-refractivity contribution in [3.05, 3.63) is 58.8 Å². The zero-order valence-electron chi connectivity index (χ0n) is 9.42. The average molecular weight is 232 g/mol. The normalized spacial score (nSPS) is 16.3. The molecule has 0 aliphatic heterocycles. The third-order valence-corrected chi connectivity index (χ3v) is 3.17. The van der Waals surface area contributed by atoms with E-state index in [1.165, 1.54) is 0 Å². The summed E-state index contributed by atoms with van der Waals surface area (Å²) in [6.07, 6.45) is 6.94. The summed E-state index contributed by atoms with van der Waals surface area (Å²) in [6.45, 7) is 0. The SMILES string of the molecule is O=C1C=CC2=c3nc4ccccc4nc3=CC2=C1. The van der Waals surface area contributed by atoms with Crippen LogP contribution in [0.1, 0.15) is 0 Å². The van der Waals surface area contributed by atoms with Gasteiger partial charge < -0.3 is 0 Å². The van der Waals surface area contributed by atoms with Crippen LogP contribution in [0.25, 0.3) is 22.7 Å². The maximum absolute atomic E-state index is 11.4. The fraction of sp³-hybridized carbons (Fsp3) is 0. The molecule has 0 saturated carbocycles. The van der Waals surface area contributed by atoms with Gasteiger partial charge >= 0.3 is 0 Å². The number of benzene rings is 1. The number of fused-ring (bicyclic) bond motifs is 3. The van der Waals surface area contributed by atoms with Crippen molar-refractivity contribution in [2.24, 2.45) is 0 Å². The maximum atomic E-state index is 11.4. The van der Waals surface area contributed by atoms with Crippen LogP contribution in [0.4, 0.5) is 0 Å². The molecule has 0 amide bonds. The molecule has 1 heterocycles. The molecule has 4 rings (SSSR count). The molecule has 3 nitrogen and oxygen atoms in total. The van der Waals surface area contributed by atoms with Crippen LogP contribution in [-0.4, -0.2) is 15.8 Å². The number of aromatic nitrogens is 2. The highest BCUT2D eigenvalue weighted by atomic mass is 16.1. The van der Waals surface area contributed by atoms with Crippen LogP contribution in [0, 0.1) is 0 Å². The van der Waals surface area contributed by atoms with Gasteiger partial charge in [0.1, 0.15) is 0 Å². The van der Waals surface area contributed by atoms with E-state index in [2.05, 4.69) is 9.97 Å². The first-order chi connectivity index (χ1) is 8.81. The van der Waals surface area contributed by atoms with Gasteiger partial charge in [0, 0.05) is 5.57 Å². The van der Waals surface area contributed by atoms with E-state index >= 15 is 0 Å². The van der Waals surface area contributed by atoms with Gasteiger partial charge in [-0.2, -0.15) is 0 Å². The molecule has 0 unspecified atom stereocenters. The van der Waals surface area contributed by atoms with Crippen molar-refractivity contribution in [2.45, 2.75) is 0 Å². The number of hydrogen-bond donors (Lipinski definition) is 0. The van der Waals surface area contributed by atoms with Gasteiger partial charge in [-0.3, -0.25) is 4.79 Å². The lowest BCUT2D eigenvalue weighted by Gasteiger charge is -2.02. The van der Waals surface area contributed by atoms with E-state index in [4.69, 9.17) is 0 Å². The minimum absolute atomic E-state index is 0.0161. The number of allylic oxidation sites excluding steroid dienone is 4. The van der Waals surface area contributed by atoms with E-state index < -0.39 is 0 Å². The van der Waals surface area contributed by atoms with E-state index in [0.717, 1.165) is 32.9 Å². The Morgan fingerprint density at radius 1 is 0.889 bits per heavy atom. The minimum atomic E-state index is 0.0161. The second kappa shape index (κ2) is 3.23. The van der Waals surface area contributed by atoms with Gasteiger partial charge in [-0.25, -0.2) is 9.97 Å². The monoisotopic (exact) mass is 232 g/mol. The molecule has 0 atom stereocenters. The molecule has 2 aliphatic rings. The van der Waals surface area contributed by atoms with Crippen LogP contribution in [0.15, 0.2) is 48.1 Å². The average Bonchev–Trinajstić information content (AvgIpc) is 2.72. The van der Waals surface area contributed by atoms with Crippen molar-refractivity contribution in [1.29, 1.82) is 0 Å². The Bertz CT molecular complexity index is 888. The van der Waals surface area contributed by atoms with Crippen molar-refractivity contribution < 1.29 is 4.79 Å². The third-order valence-electron chi connectivity index (χ3n) is 3.17. The van der Waals surface area contributed by atoms with Gasteiger partial charge in [0.2, 0.25) is 0 Å². The molecule has 0 radical (unpaired) electrons. The highest BCUT2D eigenvalue weighted by Gasteiger charge is 2.15. The van der Waals surface area contributed by atoms with Gasteiger partial charge in [0.05, 0.1) is 21.7 Å². The highest BCUT2D eigenvalue weighted by Crippen LogP contribution is 2.19. The van der Waals surface area contributed by atoms with E-state index in [1.54, 1.807) is 12.2 Å². The lowest BCUT2D eigenvalue weighted by Crippen LogP contribution is -2.29. The summed E-state index contributed by atoms with van der Waals surface area (Å²) in [5, 5.41) is 1.71. The molecular weight excluding hydrogens is 224 g/mol. The quantitative estimate of drug-likeness (QED) is 0.669. The fourth-order valence-electron chi connectivity index (χ4n) is 2.34. The number of nitrogens with zero attached hydrogens (tertiary/aromatic N) is 2. The summed E-state index contributed by atoms with van der Waals surface area (Å²) in [6, 6.07) is 7.78. The van der Waals surface area contributed by atoms with E-state index in [9.17, 15) is 4.79 Å². The molecule has 2 aliphatic carbocycles. The second-order valence-electron chi connectivity index (χ2n) is 4.34. The zero-order valence-corrected chi connectivity index (χ0v) is 9.42. The van der Waals surface area contributed by atoms with Crippen LogP contribution in [0.3, 0.4) is 0 Å². The summed E-state index contributed by atoms with van der Waals surface area (Å²) in [4.78, 5) is 20.6. The molecule has 0 bridgehead atoms. The first-order valence-electron chi connectivity index (χ1n) is 5.74. The third kappa shape index (κ3) is 1.21. The largest absolute Gasteiger partial charge is 0.290 e. The molecule has 3 heteroatoms. The standard InChI is InChI=1S/C15H8N2O/c18-10-5-6-11-9(7-10)8-14-15(11)17-13-4-2-1-3-12(13)16-14/h1-8H. The van der Waals surface area contributed by atoms with Crippen LogP contribution in [0.5, 0.6) is 0 Å². The number of carbonyl (C=O) groups is 1. The molecular formula is C15H8N2O. The van der Waals surface area contributed by atoms with Crippen LogP contribution in [0.2, 0.25) is 0 Å². The summed E-state index contributed by atoms with van der Waals surface area (Å²) in [7, 11) is 0.